The van der Waals surface area contributed by atoms with Gasteiger partial charge >= 0.3 is 0 Å². The minimum absolute atomic E-state index is 0.0522. The van der Waals surface area contributed by atoms with Crippen molar-refractivity contribution >= 4 is 17.5 Å². The van der Waals surface area contributed by atoms with Crippen molar-refractivity contribution in [2.75, 3.05) is 11.4 Å². The molecule has 1 aromatic rings. The lowest BCUT2D eigenvalue weighted by Crippen LogP contribution is -2.46. The maximum Gasteiger partial charge on any atom is 0.227 e. The minimum Gasteiger partial charge on any atom is -0.351 e. The van der Waals surface area contributed by atoms with Crippen molar-refractivity contribution in [1.29, 1.82) is 0 Å². The fourth-order valence-electron chi connectivity index (χ4n) is 4.54. The van der Waals surface area contributed by atoms with Crippen molar-refractivity contribution in [3.05, 3.63) is 29.3 Å². The van der Waals surface area contributed by atoms with Gasteiger partial charge in [0.2, 0.25) is 11.8 Å². The van der Waals surface area contributed by atoms with Crippen LogP contribution in [0, 0.1) is 5.92 Å². The highest BCUT2D eigenvalue weighted by molar-refractivity contribution is 6.00. The number of fused-ring (bicyclic) bond motifs is 1. The zero-order valence-corrected chi connectivity index (χ0v) is 14.4. The number of rotatable bonds is 3. The lowest BCUT2D eigenvalue weighted by Gasteiger charge is -2.27. The average Bonchev–Trinajstić information content (AvgIpc) is 3.26. The molecule has 1 heterocycles. The molecule has 0 aromatic heterocycles. The highest BCUT2D eigenvalue weighted by Crippen LogP contribution is 2.32. The van der Waals surface area contributed by atoms with E-state index in [0.29, 0.717) is 13.0 Å². The summed E-state index contributed by atoms with van der Waals surface area (Å²) in [5.41, 5.74) is 3.67. The second-order valence-corrected chi connectivity index (χ2v) is 7.97. The number of hydrogen-bond acceptors (Lipinski definition) is 2. The van der Waals surface area contributed by atoms with Crippen molar-refractivity contribution in [3.63, 3.8) is 0 Å². The Balaban J connectivity index is 1.46. The summed E-state index contributed by atoms with van der Waals surface area (Å²) in [6.45, 7) is 2.65. The number of anilines is 1. The normalized spacial score (nSPS) is 25.1. The van der Waals surface area contributed by atoms with E-state index >= 15 is 0 Å². The summed E-state index contributed by atoms with van der Waals surface area (Å²) < 4.78 is 0. The molecule has 0 spiro atoms. The first kappa shape index (κ1) is 15.7. The Morgan fingerprint density at radius 1 is 1.17 bits per heavy atom. The van der Waals surface area contributed by atoms with Gasteiger partial charge in [0.15, 0.2) is 0 Å². The summed E-state index contributed by atoms with van der Waals surface area (Å²) in [4.78, 5) is 26.9. The van der Waals surface area contributed by atoms with Crippen LogP contribution in [-0.4, -0.2) is 23.9 Å². The quantitative estimate of drug-likeness (QED) is 0.928. The predicted octanol–water partition coefficient (Wildman–Crippen LogP) is 2.98. The van der Waals surface area contributed by atoms with Gasteiger partial charge in [-0.25, -0.2) is 0 Å². The SMILES string of the molecule is CC1(NC(=O)[C@H]2CC(=O)N(c3ccc4c(c3)CCC4)C2)CCCC1. The molecule has 4 rings (SSSR count). The number of carbonyl (C=O) groups is 2. The largest absolute Gasteiger partial charge is 0.351 e. The fraction of sp³-hybridized carbons (Fsp3) is 0.600. The maximum absolute atomic E-state index is 12.6. The van der Waals surface area contributed by atoms with Crippen LogP contribution >= 0.6 is 0 Å². The molecule has 128 valence electrons. The van der Waals surface area contributed by atoms with Crippen molar-refractivity contribution in [3.8, 4) is 0 Å². The van der Waals surface area contributed by atoms with Crippen molar-refractivity contribution in [1.82, 2.24) is 5.32 Å². The summed E-state index contributed by atoms with van der Waals surface area (Å²) in [7, 11) is 0. The number of nitrogens with zero attached hydrogens (tertiary/aromatic N) is 1. The van der Waals surface area contributed by atoms with Crippen LogP contribution in [0.3, 0.4) is 0 Å². The van der Waals surface area contributed by atoms with Gasteiger partial charge in [0.25, 0.3) is 0 Å². The number of hydrogen-bond donors (Lipinski definition) is 1. The summed E-state index contributed by atoms with van der Waals surface area (Å²) in [6.07, 6.45) is 8.25. The standard InChI is InChI=1S/C20H26N2O2/c1-20(9-2-3-10-20)21-19(24)16-12-18(23)22(13-16)17-8-7-14-5-4-6-15(14)11-17/h7-8,11,16H,2-6,9-10,12-13H2,1H3,(H,21,24)/t16-/m0/s1. The van der Waals surface area contributed by atoms with E-state index in [0.717, 1.165) is 31.4 Å². The van der Waals surface area contributed by atoms with E-state index in [9.17, 15) is 9.59 Å². The van der Waals surface area contributed by atoms with E-state index in [4.69, 9.17) is 0 Å². The van der Waals surface area contributed by atoms with Crippen molar-refractivity contribution in [2.45, 2.75) is 63.8 Å². The first-order valence-corrected chi connectivity index (χ1v) is 9.28. The third kappa shape index (κ3) is 2.83. The molecule has 1 saturated heterocycles. The van der Waals surface area contributed by atoms with Gasteiger partial charge < -0.3 is 10.2 Å². The number of nitrogens with one attached hydrogen (secondary N) is 1. The third-order valence-corrected chi connectivity index (χ3v) is 6.02. The van der Waals surface area contributed by atoms with Crippen LogP contribution in [0.2, 0.25) is 0 Å². The van der Waals surface area contributed by atoms with Crippen molar-refractivity contribution in [2.24, 2.45) is 5.92 Å². The lowest BCUT2D eigenvalue weighted by atomic mass is 9.98. The topological polar surface area (TPSA) is 49.4 Å². The molecule has 1 atom stereocenters. The molecule has 1 saturated carbocycles. The Labute approximate surface area is 143 Å². The van der Waals surface area contributed by atoms with Crippen LogP contribution in [0.25, 0.3) is 0 Å². The van der Waals surface area contributed by atoms with E-state index < -0.39 is 0 Å². The van der Waals surface area contributed by atoms with Crippen LogP contribution in [0.1, 0.15) is 56.6 Å². The molecule has 4 nitrogen and oxygen atoms in total. The smallest absolute Gasteiger partial charge is 0.227 e. The predicted molar refractivity (Wildman–Crippen MR) is 93.9 cm³/mol. The second-order valence-electron chi connectivity index (χ2n) is 7.97. The summed E-state index contributed by atoms with van der Waals surface area (Å²) >= 11 is 0. The van der Waals surface area contributed by atoms with Gasteiger partial charge in [0.1, 0.15) is 0 Å². The molecular formula is C20H26N2O2. The minimum atomic E-state index is -0.219. The van der Waals surface area contributed by atoms with Crippen LogP contribution in [-0.2, 0) is 22.4 Å². The molecule has 2 aliphatic carbocycles. The lowest BCUT2D eigenvalue weighted by molar-refractivity contribution is -0.127. The van der Waals surface area contributed by atoms with E-state index in [1.54, 1.807) is 4.90 Å². The maximum atomic E-state index is 12.6. The molecular weight excluding hydrogens is 300 g/mol. The van der Waals surface area contributed by atoms with Crippen LogP contribution in [0.4, 0.5) is 5.69 Å². The molecule has 0 radical (unpaired) electrons. The van der Waals surface area contributed by atoms with Crippen molar-refractivity contribution < 1.29 is 9.59 Å². The van der Waals surface area contributed by atoms with Gasteiger partial charge in [-0.15, -0.1) is 0 Å². The fourth-order valence-corrected chi connectivity index (χ4v) is 4.54. The molecule has 2 amide bonds. The first-order valence-electron chi connectivity index (χ1n) is 9.28. The van der Waals surface area contributed by atoms with E-state index in [1.165, 1.54) is 30.4 Å². The molecule has 1 aliphatic heterocycles. The molecule has 3 aliphatic rings. The van der Waals surface area contributed by atoms with E-state index in [1.807, 2.05) is 6.07 Å². The average molecular weight is 326 g/mol. The van der Waals surface area contributed by atoms with E-state index in [-0.39, 0.29) is 23.3 Å². The first-order chi connectivity index (χ1) is 11.5. The van der Waals surface area contributed by atoms with Gasteiger partial charge in [0.05, 0.1) is 5.92 Å². The number of aryl methyl sites for hydroxylation is 2. The summed E-state index contributed by atoms with van der Waals surface area (Å²) in [6, 6.07) is 6.34. The monoisotopic (exact) mass is 326 g/mol. The van der Waals surface area contributed by atoms with E-state index in [2.05, 4.69) is 24.4 Å². The highest BCUT2D eigenvalue weighted by atomic mass is 16.2. The molecule has 1 N–H and O–H groups in total. The molecule has 0 bridgehead atoms. The van der Waals surface area contributed by atoms with Gasteiger partial charge in [-0.3, -0.25) is 9.59 Å². The summed E-state index contributed by atoms with van der Waals surface area (Å²) in [5, 5.41) is 3.21. The molecule has 0 unspecified atom stereocenters. The number of benzene rings is 1. The zero-order chi connectivity index (χ0) is 16.7. The Morgan fingerprint density at radius 2 is 1.92 bits per heavy atom. The number of carbonyl (C=O) groups excluding carboxylic acids is 2. The van der Waals surface area contributed by atoms with Gasteiger partial charge in [-0.05, 0) is 62.3 Å². The highest BCUT2D eigenvalue weighted by Gasteiger charge is 2.38. The van der Waals surface area contributed by atoms with Gasteiger partial charge in [-0.1, -0.05) is 18.9 Å². The van der Waals surface area contributed by atoms with Gasteiger partial charge in [0, 0.05) is 24.2 Å². The Kier molecular flexibility index (Phi) is 3.86. The third-order valence-electron chi connectivity index (χ3n) is 6.02. The van der Waals surface area contributed by atoms with Crippen LogP contribution in [0.15, 0.2) is 18.2 Å². The summed E-state index contributed by atoms with van der Waals surface area (Å²) in [5.74, 6) is -0.0933. The Morgan fingerprint density at radius 3 is 2.71 bits per heavy atom. The van der Waals surface area contributed by atoms with Crippen LogP contribution in [0.5, 0.6) is 0 Å². The molecule has 2 fully saturated rings. The second kappa shape index (κ2) is 5.91. The number of amides is 2. The van der Waals surface area contributed by atoms with Crippen LogP contribution < -0.4 is 10.2 Å². The van der Waals surface area contributed by atoms with Gasteiger partial charge in [-0.2, -0.15) is 0 Å². The molecule has 4 heteroatoms. The Hall–Kier alpha value is -1.84. The molecule has 24 heavy (non-hydrogen) atoms. The Bertz CT molecular complexity index is 676. The molecule has 1 aromatic carbocycles. The zero-order valence-electron chi connectivity index (χ0n) is 14.4.